The smallest absolute Gasteiger partial charge is 0.274 e. The number of carbonyl (C=O) groups excluding carboxylic acids is 1. The van der Waals surface area contributed by atoms with Gasteiger partial charge < -0.3 is 15.5 Å². The molecular formula is C19H24N4O. The van der Waals surface area contributed by atoms with Crippen molar-refractivity contribution in [3.05, 3.63) is 60.9 Å². The molecule has 0 unspecified atom stereocenters. The standard InChI is InChI=1S/C19H24N4O/c1-4-12-20-16-11-13-21-18(14-16)19(24)22-15-7-9-17(10-8-15)23(5-2)6-3/h4,7-11,13-14H,1,5-6,12H2,2-3H3,(H,20,21)(H,22,24). The van der Waals surface area contributed by atoms with Gasteiger partial charge in [0.05, 0.1) is 0 Å². The van der Waals surface area contributed by atoms with E-state index in [1.54, 1.807) is 18.3 Å². The Balaban J connectivity index is 2.05. The van der Waals surface area contributed by atoms with Crippen LogP contribution >= 0.6 is 0 Å². The summed E-state index contributed by atoms with van der Waals surface area (Å²) < 4.78 is 0. The molecule has 1 heterocycles. The molecule has 5 nitrogen and oxygen atoms in total. The van der Waals surface area contributed by atoms with Crippen LogP contribution in [-0.2, 0) is 0 Å². The van der Waals surface area contributed by atoms with Crippen LogP contribution in [0.25, 0.3) is 0 Å². The average Bonchev–Trinajstić information content (AvgIpc) is 2.62. The highest BCUT2D eigenvalue weighted by Crippen LogP contribution is 2.18. The van der Waals surface area contributed by atoms with Crippen LogP contribution in [0, 0.1) is 0 Å². The highest BCUT2D eigenvalue weighted by Gasteiger charge is 2.09. The number of hydrogen-bond acceptors (Lipinski definition) is 4. The Hall–Kier alpha value is -2.82. The van der Waals surface area contributed by atoms with Crippen LogP contribution in [0.2, 0.25) is 0 Å². The van der Waals surface area contributed by atoms with Gasteiger partial charge in [-0.1, -0.05) is 6.08 Å². The van der Waals surface area contributed by atoms with E-state index in [4.69, 9.17) is 0 Å². The Morgan fingerprint density at radius 3 is 2.50 bits per heavy atom. The third-order valence-corrected chi connectivity index (χ3v) is 3.70. The van der Waals surface area contributed by atoms with Gasteiger partial charge in [-0.15, -0.1) is 6.58 Å². The molecule has 1 aromatic carbocycles. The molecule has 0 radical (unpaired) electrons. The molecule has 2 aromatic rings. The van der Waals surface area contributed by atoms with E-state index >= 15 is 0 Å². The zero-order chi connectivity index (χ0) is 17.4. The predicted molar refractivity (Wildman–Crippen MR) is 101 cm³/mol. The van der Waals surface area contributed by atoms with E-state index in [2.05, 4.69) is 40.9 Å². The van der Waals surface area contributed by atoms with Crippen molar-refractivity contribution in [1.29, 1.82) is 0 Å². The molecule has 0 spiro atoms. The third kappa shape index (κ3) is 4.59. The van der Waals surface area contributed by atoms with Gasteiger partial charge in [-0.2, -0.15) is 0 Å². The lowest BCUT2D eigenvalue weighted by atomic mass is 10.2. The molecule has 5 heteroatoms. The van der Waals surface area contributed by atoms with E-state index in [9.17, 15) is 4.79 Å². The van der Waals surface area contributed by atoms with E-state index in [1.807, 2.05) is 30.3 Å². The van der Waals surface area contributed by atoms with E-state index in [1.165, 1.54) is 0 Å². The van der Waals surface area contributed by atoms with Gasteiger partial charge in [0, 0.05) is 42.9 Å². The van der Waals surface area contributed by atoms with Crippen LogP contribution < -0.4 is 15.5 Å². The second-order valence-corrected chi connectivity index (χ2v) is 5.27. The Morgan fingerprint density at radius 2 is 1.88 bits per heavy atom. The zero-order valence-corrected chi connectivity index (χ0v) is 14.2. The molecule has 0 aliphatic heterocycles. The number of benzene rings is 1. The van der Waals surface area contributed by atoms with Crippen LogP contribution in [0.4, 0.5) is 17.1 Å². The number of nitrogens with zero attached hydrogens (tertiary/aromatic N) is 2. The molecular weight excluding hydrogens is 300 g/mol. The lowest BCUT2D eigenvalue weighted by Crippen LogP contribution is -2.21. The second kappa shape index (κ2) is 8.72. The normalized spacial score (nSPS) is 10.1. The lowest BCUT2D eigenvalue weighted by molar-refractivity contribution is 0.102. The van der Waals surface area contributed by atoms with E-state index < -0.39 is 0 Å². The topological polar surface area (TPSA) is 57.3 Å². The van der Waals surface area contributed by atoms with Gasteiger partial charge in [-0.05, 0) is 50.2 Å². The fourth-order valence-electron chi connectivity index (χ4n) is 2.39. The number of carbonyl (C=O) groups is 1. The van der Waals surface area contributed by atoms with Gasteiger partial charge in [-0.3, -0.25) is 9.78 Å². The van der Waals surface area contributed by atoms with E-state index in [-0.39, 0.29) is 5.91 Å². The summed E-state index contributed by atoms with van der Waals surface area (Å²) in [6.07, 6.45) is 3.38. The van der Waals surface area contributed by atoms with Crippen LogP contribution in [0.5, 0.6) is 0 Å². The maximum absolute atomic E-state index is 12.3. The van der Waals surface area contributed by atoms with Crippen molar-refractivity contribution in [3.63, 3.8) is 0 Å². The van der Waals surface area contributed by atoms with Gasteiger partial charge >= 0.3 is 0 Å². The number of pyridine rings is 1. The molecule has 126 valence electrons. The molecule has 0 saturated carbocycles. The maximum Gasteiger partial charge on any atom is 0.274 e. The Labute approximate surface area is 143 Å². The van der Waals surface area contributed by atoms with Crippen molar-refractivity contribution in [1.82, 2.24) is 4.98 Å². The number of rotatable bonds is 8. The summed E-state index contributed by atoms with van der Waals surface area (Å²) in [6, 6.07) is 11.4. The van der Waals surface area contributed by atoms with Crippen molar-refractivity contribution < 1.29 is 4.79 Å². The minimum absolute atomic E-state index is 0.229. The van der Waals surface area contributed by atoms with Crippen molar-refractivity contribution >= 4 is 23.0 Å². The fraction of sp³-hybridized carbons (Fsp3) is 0.263. The summed E-state index contributed by atoms with van der Waals surface area (Å²) in [5.41, 5.74) is 3.11. The highest BCUT2D eigenvalue weighted by molar-refractivity contribution is 6.03. The minimum atomic E-state index is -0.229. The molecule has 2 rings (SSSR count). The maximum atomic E-state index is 12.3. The van der Waals surface area contributed by atoms with Gasteiger partial charge in [0.1, 0.15) is 5.69 Å². The summed E-state index contributed by atoms with van der Waals surface area (Å²) in [4.78, 5) is 18.7. The van der Waals surface area contributed by atoms with Gasteiger partial charge in [0.15, 0.2) is 0 Å². The zero-order valence-electron chi connectivity index (χ0n) is 14.2. The minimum Gasteiger partial charge on any atom is -0.381 e. The molecule has 0 atom stereocenters. The van der Waals surface area contributed by atoms with Crippen LogP contribution in [0.3, 0.4) is 0 Å². The third-order valence-electron chi connectivity index (χ3n) is 3.70. The van der Waals surface area contributed by atoms with Crippen molar-refractivity contribution in [3.8, 4) is 0 Å². The SMILES string of the molecule is C=CCNc1ccnc(C(=O)Nc2ccc(N(CC)CC)cc2)c1. The van der Waals surface area contributed by atoms with E-state index in [0.717, 1.165) is 30.2 Å². The number of hydrogen-bond donors (Lipinski definition) is 2. The van der Waals surface area contributed by atoms with Crippen LogP contribution in [0.1, 0.15) is 24.3 Å². The molecule has 1 aromatic heterocycles. The lowest BCUT2D eigenvalue weighted by Gasteiger charge is -2.21. The van der Waals surface area contributed by atoms with Gasteiger partial charge in [-0.25, -0.2) is 0 Å². The van der Waals surface area contributed by atoms with Crippen LogP contribution in [-0.4, -0.2) is 30.5 Å². The first kappa shape index (κ1) is 17.5. The molecule has 24 heavy (non-hydrogen) atoms. The van der Waals surface area contributed by atoms with Gasteiger partial charge in [0.25, 0.3) is 5.91 Å². The average molecular weight is 324 g/mol. The first-order chi connectivity index (χ1) is 11.7. The summed E-state index contributed by atoms with van der Waals surface area (Å²) in [5, 5.41) is 6.02. The molecule has 2 N–H and O–H groups in total. The number of amides is 1. The Kier molecular flexibility index (Phi) is 6.37. The summed E-state index contributed by atoms with van der Waals surface area (Å²) in [6.45, 7) is 10.5. The quantitative estimate of drug-likeness (QED) is 0.726. The van der Waals surface area contributed by atoms with Crippen molar-refractivity contribution in [2.75, 3.05) is 35.2 Å². The largest absolute Gasteiger partial charge is 0.381 e. The summed E-state index contributed by atoms with van der Waals surface area (Å²) in [5.74, 6) is -0.229. The predicted octanol–water partition coefficient (Wildman–Crippen LogP) is 3.78. The molecule has 0 saturated heterocycles. The number of nitrogens with one attached hydrogen (secondary N) is 2. The highest BCUT2D eigenvalue weighted by atomic mass is 16.1. The first-order valence-corrected chi connectivity index (χ1v) is 8.15. The summed E-state index contributed by atoms with van der Waals surface area (Å²) >= 11 is 0. The fourth-order valence-corrected chi connectivity index (χ4v) is 2.39. The monoisotopic (exact) mass is 324 g/mol. The van der Waals surface area contributed by atoms with E-state index in [0.29, 0.717) is 12.2 Å². The molecule has 0 fully saturated rings. The second-order valence-electron chi connectivity index (χ2n) is 5.27. The molecule has 1 amide bonds. The molecule has 0 aliphatic carbocycles. The van der Waals surface area contributed by atoms with Crippen LogP contribution in [0.15, 0.2) is 55.3 Å². The number of anilines is 3. The molecule has 0 bridgehead atoms. The molecule has 0 aliphatic rings. The van der Waals surface area contributed by atoms with Crippen molar-refractivity contribution in [2.45, 2.75) is 13.8 Å². The van der Waals surface area contributed by atoms with Crippen molar-refractivity contribution in [2.24, 2.45) is 0 Å². The number of aromatic nitrogens is 1. The Morgan fingerprint density at radius 1 is 1.17 bits per heavy atom. The Bertz CT molecular complexity index is 678. The van der Waals surface area contributed by atoms with Gasteiger partial charge in [0.2, 0.25) is 0 Å². The summed E-state index contributed by atoms with van der Waals surface area (Å²) in [7, 11) is 0. The first-order valence-electron chi connectivity index (χ1n) is 8.15.